The van der Waals surface area contributed by atoms with Gasteiger partial charge in [-0.1, -0.05) is 17.7 Å². The Labute approximate surface area is 206 Å². The van der Waals surface area contributed by atoms with Crippen molar-refractivity contribution in [2.24, 2.45) is 0 Å². The predicted molar refractivity (Wildman–Crippen MR) is 135 cm³/mol. The van der Waals surface area contributed by atoms with Crippen LogP contribution in [0, 0.1) is 6.92 Å². The van der Waals surface area contributed by atoms with Crippen molar-refractivity contribution in [1.29, 1.82) is 0 Å². The van der Waals surface area contributed by atoms with E-state index in [1.165, 1.54) is 25.6 Å². The molecule has 0 bridgehead atoms. The minimum Gasteiger partial charge on any atom is -0.497 e. The molecule has 0 spiro atoms. The first-order valence-corrected chi connectivity index (χ1v) is 12.5. The molecule has 0 heterocycles. The van der Waals surface area contributed by atoms with Gasteiger partial charge >= 0.3 is 0 Å². The van der Waals surface area contributed by atoms with E-state index in [-0.39, 0.29) is 17.3 Å². The molecule has 3 aromatic rings. The summed E-state index contributed by atoms with van der Waals surface area (Å²) in [4.78, 5) is 13.3. The van der Waals surface area contributed by atoms with Crippen molar-refractivity contribution < 1.29 is 27.4 Å². The van der Waals surface area contributed by atoms with Gasteiger partial charge in [-0.25, -0.2) is 8.42 Å². The predicted octanol–water partition coefficient (Wildman–Crippen LogP) is 4.48. The number of nitrogens with zero attached hydrogens (tertiary/aromatic N) is 1. The average Bonchev–Trinajstić information content (AvgIpc) is 2.85. The lowest BCUT2D eigenvalue weighted by molar-refractivity contribution is 0.102. The molecule has 0 aliphatic rings. The van der Waals surface area contributed by atoms with Crippen LogP contribution in [0.1, 0.15) is 28.4 Å². The van der Waals surface area contributed by atoms with E-state index in [1.54, 1.807) is 60.7 Å². The van der Waals surface area contributed by atoms with Crippen LogP contribution in [-0.2, 0) is 16.6 Å². The Morgan fingerprint density at radius 2 is 1.63 bits per heavy atom. The van der Waals surface area contributed by atoms with Gasteiger partial charge in [0.2, 0.25) is 10.0 Å². The lowest BCUT2D eigenvalue weighted by Crippen LogP contribution is -2.27. The number of sulfonamides is 1. The fraction of sp³-hybridized carbons (Fsp3) is 0.269. The van der Waals surface area contributed by atoms with Gasteiger partial charge < -0.3 is 19.5 Å². The molecule has 0 fully saturated rings. The molecule has 9 heteroatoms. The summed E-state index contributed by atoms with van der Waals surface area (Å²) < 4.78 is 43.7. The molecule has 186 valence electrons. The lowest BCUT2D eigenvalue weighted by atomic mass is 10.1. The number of hydrogen-bond acceptors (Lipinski definition) is 6. The first-order chi connectivity index (χ1) is 16.7. The van der Waals surface area contributed by atoms with E-state index >= 15 is 0 Å². The van der Waals surface area contributed by atoms with Crippen molar-refractivity contribution in [2.45, 2.75) is 25.3 Å². The normalized spacial score (nSPS) is 11.3. The second kappa shape index (κ2) is 11.2. The van der Waals surface area contributed by atoms with Crippen LogP contribution in [-0.4, -0.2) is 46.5 Å². The summed E-state index contributed by atoms with van der Waals surface area (Å²) in [6, 6.07) is 16.7. The van der Waals surface area contributed by atoms with Crippen molar-refractivity contribution in [3.05, 3.63) is 77.4 Å². The van der Waals surface area contributed by atoms with Crippen LogP contribution in [0.25, 0.3) is 0 Å². The number of aryl methyl sites for hydroxylation is 1. The summed E-state index contributed by atoms with van der Waals surface area (Å²) in [6.45, 7) is 4.15. The van der Waals surface area contributed by atoms with Crippen molar-refractivity contribution in [2.75, 3.05) is 33.2 Å². The van der Waals surface area contributed by atoms with Gasteiger partial charge in [0.1, 0.15) is 17.2 Å². The third-order valence-corrected chi connectivity index (χ3v) is 7.22. The molecule has 8 nitrogen and oxygen atoms in total. The maximum atomic E-state index is 13.1. The van der Waals surface area contributed by atoms with Gasteiger partial charge in [-0.2, -0.15) is 4.31 Å². The van der Waals surface area contributed by atoms with Crippen LogP contribution < -0.4 is 19.5 Å². The number of benzene rings is 3. The number of anilines is 1. The number of carbonyl (C=O) groups is 1. The van der Waals surface area contributed by atoms with Crippen molar-refractivity contribution in [1.82, 2.24) is 4.31 Å². The SMILES string of the molecule is CCOc1ccc(C(=O)Nc2cc(OC)ccc2OC)cc1CN(C)S(=O)(=O)c1ccc(C)cc1. The quantitative estimate of drug-likeness (QED) is 0.443. The monoisotopic (exact) mass is 498 g/mol. The molecule has 3 aromatic carbocycles. The van der Waals surface area contributed by atoms with E-state index < -0.39 is 10.0 Å². The smallest absolute Gasteiger partial charge is 0.255 e. The molecule has 0 radical (unpaired) electrons. The number of ether oxygens (including phenoxy) is 3. The Balaban J connectivity index is 1.89. The Kier molecular flexibility index (Phi) is 8.37. The van der Waals surface area contributed by atoms with E-state index in [0.29, 0.717) is 40.7 Å². The highest BCUT2D eigenvalue weighted by molar-refractivity contribution is 7.89. The zero-order chi connectivity index (χ0) is 25.6. The summed E-state index contributed by atoms with van der Waals surface area (Å²) in [5, 5.41) is 2.83. The molecule has 0 aliphatic heterocycles. The molecule has 0 atom stereocenters. The highest BCUT2D eigenvalue weighted by Gasteiger charge is 2.23. The Bertz CT molecular complexity index is 1290. The van der Waals surface area contributed by atoms with Gasteiger partial charge in [0, 0.05) is 30.8 Å². The molecular weight excluding hydrogens is 468 g/mol. The van der Waals surface area contributed by atoms with Crippen molar-refractivity contribution in [3.8, 4) is 17.2 Å². The number of hydrogen-bond donors (Lipinski definition) is 1. The third kappa shape index (κ3) is 6.12. The molecule has 0 aliphatic carbocycles. The van der Waals surface area contributed by atoms with Crippen molar-refractivity contribution in [3.63, 3.8) is 0 Å². The van der Waals surface area contributed by atoms with Crippen LogP contribution in [0.5, 0.6) is 17.2 Å². The molecule has 0 aromatic heterocycles. The second-order valence-corrected chi connectivity index (χ2v) is 9.89. The van der Waals surface area contributed by atoms with Crippen LogP contribution in [0.2, 0.25) is 0 Å². The first-order valence-electron chi connectivity index (χ1n) is 11.0. The third-order valence-electron chi connectivity index (χ3n) is 5.40. The molecule has 3 rings (SSSR count). The van der Waals surface area contributed by atoms with E-state index in [1.807, 2.05) is 13.8 Å². The van der Waals surface area contributed by atoms with Gasteiger partial charge in [0.25, 0.3) is 5.91 Å². The number of carbonyl (C=O) groups excluding carboxylic acids is 1. The standard InChI is InChI=1S/C26H30N2O6S/c1-6-34-24-13-9-19(26(29)27-23-16-21(32-4)10-14-25(23)33-5)15-20(24)17-28(3)35(30,31)22-11-7-18(2)8-12-22/h7-16H,6,17H2,1-5H3,(H,27,29). The first kappa shape index (κ1) is 26.1. The second-order valence-electron chi connectivity index (χ2n) is 7.85. The zero-order valence-electron chi connectivity index (χ0n) is 20.5. The topological polar surface area (TPSA) is 94.2 Å². The summed E-state index contributed by atoms with van der Waals surface area (Å²) in [6.07, 6.45) is 0. The molecule has 0 unspecified atom stereocenters. The van der Waals surface area contributed by atoms with E-state index in [9.17, 15) is 13.2 Å². The summed E-state index contributed by atoms with van der Waals surface area (Å²) >= 11 is 0. The Morgan fingerprint density at radius 1 is 0.943 bits per heavy atom. The minimum atomic E-state index is -3.74. The number of amides is 1. The van der Waals surface area contributed by atoms with Crippen LogP contribution in [0.3, 0.4) is 0 Å². The highest BCUT2D eigenvalue weighted by atomic mass is 32.2. The molecule has 35 heavy (non-hydrogen) atoms. The van der Waals surface area contributed by atoms with Crippen molar-refractivity contribution >= 4 is 21.6 Å². The van der Waals surface area contributed by atoms with Gasteiger partial charge in [-0.3, -0.25) is 4.79 Å². The molecule has 1 N–H and O–H groups in total. The van der Waals surface area contributed by atoms with Gasteiger partial charge in [-0.05, 0) is 56.3 Å². The minimum absolute atomic E-state index is 0.0230. The van der Waals surface area contributed by atoms with Gasteiger partial charge in [-0.15, -0.1) is 0 Å². The lowest BCUT2D eigenvalue weighted by Gasteiger charge is -2.20. The van der Waals surface area contributed by atoms with Crippen LogP contribution in [0.4, 0.5) is 5.69 Å². The molecule has 0 saturated carbocycles. The molecule has 1 amide bonds. The van der Waals surface area contributed by atoms with E-state index in [2.05, 4.69) is 5.32 Å². The average molecular weight is 499 g/mol. The Morgan fingerprint density at radius 3 is 2.26 bits per heavy atom. The van der Waals surface area contributed by atoms with E-state index in [4.69, 9.17) is 14.2 Å². The summed E-state index contributed by atoms with van der Waals surface area (Å²) in [5.74, 6) is 1.17. The van der Waals surface area contributed by atoms with Crippen LogP contribution >= 0.6 is 0 Å². The highest BCUT2D eigenvalue weighted by Crippen LogP contribution is 2.30. The number of methoxy groups -OCH3 is 2. The number of nitrogens with one attached hydrogen (secondary N) is 1. The zero-order valence-corrected chi connectivity index (χ0v) is 21.3. The fourth-order valence-corrected chi connectivity index (χ4v) is 4.61. The summed E-state index contributed by atoms with van der Waals surface area (Å²) in [7, 11) is 0.807. The van der Waals surface area contributed by atoms with Gasteiger partial charge in [0.05, 0.1) is 31.4 Å². The maximum Gasteiger partial charge on any atom is 0.255 e. The molecule has 0 saturated heterocycles. The van der Waals surface area contributed by atoms with Gasteiger partial charge in [0.15, 0.2) is 0 Å². The summed E-state index contributed by atoms with van der Waals surface area (Å²) in [5.41, 5.74) is 2.33. The maximum absolute atomic E-state index is 13.1. The molecular formula is C26H30N2O6S. The fourth-order valence-electron chi connectivity index (χ4n) is 3.46. The largest absolute Gasteiger partial charge is 0.497 e. The van der Waals surface area contributed by atoms with Crippen LogP contribution in [0.15, 0.2) is 65.6 Å². The van der Waals surface area contributed by atoms with E-state index in [0.717, 1.165) is 5.56 Å². The Hall–Kier alpha value is -3.56. The number of rotatable bonds is 10.